The van der Waals surface area contributed by atoms with Gasteiger partial charge in [0.1, 0.15) is 6.61 Å². The number of cyclic esters (lactones) is 1. The maximum Gasteiger partial charge on any atom is 0.407 e. The van der Waals surface area contributed by atoms with Crippen molar-refractivity contribution < 1.29 is 9.53 Å². The number of carbonyl (C=O) groups excluding carboxylic acids is 1. The van der Waals surface area contributed by atoms with Gasteiger partial charge in [-0.1, -0.05) is 31.2 Å². The van der Waals surface area contributed by atoms with E-state index >= 15 is 0 Å². The maximum atomic E-state index is 10.9. The van der Waals surface area contributed by atoms with E-state index in [0.717, 1.165) is 0 Å². The summed E-state index contributed by atoms with van der Waals surface area (Å²) in [4.78, 5) is 10.9. The summed E-state index contributed by atoms with van der Waals surface area (Å²) in [5.74, 6) is 0. The molecule has 3 nitrogen and oxygen atoms in total. The topological polar surface area (TPSA) is 38.3 Å². The molecule has 0 bridgehead atoms. The number of nitrogens with one attached hydrogen (secondary N) is 1. The predicted octanol–water partition coefficient (Wildman–Crippen LogP) is 1.99. The van der Waals surface area contributed by atoms with Gasteiger partial charge in [0.15, 0.2) is 0 Å². The molecule has 1 N–H and O–H groups in total. The first-order chi connectivity index (χ1) is 7.12. The van der Waals surface area contributed by atoms with Gasteiger partial charge in [-0.15, -0.1) is 0 Å². The third-order valence-corrected chi connectivity index (χ3v) is 2.94. The third kappa shape index (κ3) is 1.82. The average Bonchev–Trinajstić information content (AvgIpc) is 2.23. The second kappa shape index (κ2) is 3.57. The molecular weight excluding hydrogens is 190 g/mol. The number of hydrogen-bond donors (Lipinski definition) is 1. The first kappa shape index (κ1) is 10.0. The summed E-state index contributed by atoms with van der Waals surface area (Å²) < 4.78 is 5.05. The summed E-state index contributed by atoms with van der Waals surface area (Å²) >= 11 is 0. The molecule has 0 aliphatic carbocycles. The van der Waals surface area contributed by atoms with Gasteiger partial charge in [-0.3, -0.25) is 0 Å². The highest BCUT2D eigenvalue weighted by atomic mass is 16.6. The van der Waals surface area contributed by atoms with Crippen LogP contribution in [0.2, 0.25) is 0 Å². The fourth-order valence-electron chi connectivity index (χ4n) is 2.02. The third-order valence-electron chi connectivity index (χ3n) is 2.94. The molecule has 1 saturated heterocycles. The van der Waals surface area contributed by atoms with Crippen LogP contribution >= 0.6 is 0 Å². The molecule has 1 amide bonds. The predicted molar refractivity (Wildman–Crippen MR) is 57.9 cm³/mol. The second-order valence-corrected chi connectivity index (χ2v) is 4.31. The fraction of sp³-hybridized carbons (Fsp3) is 0.417. The summed E-state index contributed by atoms with van der Waals surface area (Å²) in [6.45, 7) is 5.27. The van der Waals surface area contributed by atoms with Gasteiger partial charge < -0.3 is 10.1 Å². The Morgan fingerprint density at radius 1 is 1.40 bits per heavy atom. The molecule has 1 heterocycles. The molecule has 1 aromatic rings. The SMILES string of the molecule is Cc1ccccc1C1(C)CNC(=O)OC1. The number of ether oxygens (including phenoxy) is 1. The van der Waals surface area contributed by atoms with Crippen LogP contribution in [0.15, 0.2) is 24.3 Å². The molecule has 0 saturated carbocycles. The molecule has 2 rings (SSSR count). The number of benzene rings is 1. The summed E-state index contributed by atoms with van der Waals surface area (Å²) in [5, 5.41) is 2.74. The molecule has 15 heavy (non-hydrogen) atoms. The van der Waals surface area contributed by atoms with E-state index < -0.39 is 0 Å². The van der Waals surface area contributed by atoms with Crippen molar-refractivity contribution in [1.82, 2.24) is 5.32 Å². The summed E-state index contributed by atoms with van der Waals surface area (Å²) in [6, 6.07) is 8.21. The Labute approximate surface area is 89.4 Å². The van der Waals surface area contributed by atoms with Crippen molar-refractivity contribution in [2.45, 2.75) is 19.3 Å². The Morgan fingerprint density at radius 3 is 2.73 bits per heavy atom. The number of carbonyl (C=O) groups is 1. The van der Waals surface area contributed by atoms with E-state index in [1.807, 2.05) is 12.1 Å². The van der Waals surface area contributed by atoms with Crippen LogP contribution in [0.25, 0.3) is 0 Å². The van der Waals surface area contributed by atoms with E-state index in [4.69, 9.17) is 4.74 Å². The molecule has 1 aliphatic heterocycles. The lowest BCUT2D eigenvalue weighted by molar-refractivity contribution is 0.0927. The molecule has 1 atom stereocenters. The number of amides is 1. The van der Waals surface area contributed by atoms with Crippen molar-refractivity contribution in [3.8, 4) is 0 Å². The quantitative estimate of drug-likeness (QED) is 0.761. The molecule has 1 unspecified atom stereocenters. The highest BCUT2D eigenvalue weighted by molar-refractivity contribution is 5.68. The zero-order valence-electron chi connectivity index (χ0n) is 9.04. The fourth-order valence-corrected chi connectivity index (χ4v) is 2.02. The van der Waals surface area contributed by atoms with E-state index in [1.54, 1.807) is 0 Å². The molecule has 1 fully saturated rings. The van der Waals surface area contributed by atoms with E-state index in [0.29, 0.717) is 13.2 Å². The standard InChI is InChI=1S/C12H15NO2/c1-9-5-3-4-6-10(9)12(2)7-13-11(14)15-8-12/h3-6H,7-8H2,1-2H3,(H,13,14). The van der Waals surface area contributed by atoms with Crippen LogP contribution in [0.1, 0.15) is 18.1 Å². The van der Waals surface area contributed by atoms with Crippen LogP contribution in [0.5, 0.6) is 0 Å². The average molecular weight is 205 g/mol. The Morgan fingerprint density at radius 2 is 2.13 bits per heavy atom. The van der Waals surface area contributed by atoms with Gasteiger partial charge in [-0.25, -0.2) is 4.79 Å². The Balaban J connectivity index is 2.30. The van der Waals surface area contributed by atoms with Gasteiger partial charge >= 0.3 is 6.09 Å². The van der Waals surface area contributed by atoms with E-state index in [9.17, 15) is 4.79 Å². The summed E-state index contributed by atoms with van der Waals surface area (Å²) in [5.41, 5.74) is 2.36. The minimum Gasteiger partial charge on any atom is -0.449 e. The zero-order valence-corrected chi connectivity index (χ0v) is 9.04. The summed E-state index contributed by atoms with van der Waals surface area (Å²) in [6.07, 6.45) is -0.318. The molecule has 3 heteroatoms. The van der Waals surface area contributed by atoms with E-state index in [1.165, 1.54) is 11.1 Å². The molecule has 0 radical (unpaired) electrons. The Bertz CT molecular complexity index is 377. The largest absolute Gasteiger partial charge is 0.449 e. The van der Waals surface area contributed by atoms with Crippen molar-refractivity contribution in [3.63, 3.8) is 0 Å². The Kier molecular flexibility index (Phi) is 2.39. The normalized spacial score (nSPS) is 25.6. The highest BCUT2D eigenvalue weighted by Gasteiger charge is 2.33. The van der Waals surface area contributed by atoms with Crippen LogP contribution in [-0.2, 0) is 10.2 Å². The molecule has 1 aromatic carbocycles. The van der Waals surface area contributed by atoms with Crippen LogP contribution in [-0.4, -0.2) is 19.2 Å². The lowest BCUT2D eigenvalue weighted by Gasteiger charge is -2.34. The molecule has 1 aliphatic rings. The number of hydrogen-bond acceptors (Lipinski definition) is 2. The van der Waals surface area contributed by atoms with Crippen molar-refractivity contribution in [3.05, 3.63) is 35.4 Å². The molecule has 0 spiro atoms. The van der Waals surface area contributed by atoms with Crippen molar-refractivity contribution in [1.29, 1.82) is 0 Å². The lowest BCUT2D eigenvalue weighted by Crippen LogP contribution is -2.48. The van der Waals surface area contributed by atoms with Crippen molar-refractivity contribution in [2.75, 3.05) is 13.2 Å². The van der Waals surface area contributed by atoms with Gasteiger partial charge in [-0.2, -0.15) is 0 Å². The molecule has 80 valence electrons. The minimum absolute atomic E-state index is 0.112. The first-order valence-corrected chi connectivity index (χ1v) is 5.08. The van der Waals surface area contributed by atoms with Crippen molar-refractivity contribution >= 4 is 6.09 Å². The van der Waals surface area contributed by atoms with Gasteiger partial charge in [0.25, 0.3) is 0 Å². The smallest absolute Gasteiger partial charge is 0.407 e. The van der Waals surface area contributed by atoms with Crippen LogP contribution < -0.4 is 5.32 Å². The van der Waals surface area contributed by atoms with Gasteiger partial charge in [0, 0.05) is 12.0 Å². The van der Waals surface area contributed by atoms with Gasteiger partial charge in [-0.05, 0) is 18.1 Å². The monoisotopic (exact) mass is 205 g/mol. The number of rotatable bonds is 1. The second-order valence-electron chi connectivity index (χ2n) is 4.31. The maximum absolute atomic E-state index is 10.9. The van der Waals surface area contributed by atoms with Gasteiger partial charge in [0.2, 0.25) is 0 Å². The number of alkyl carbamates (subject to hydrolysis) is 1. The van der Waals surface area contributed by atoms with Crippen LogP contribution in [0.4, 0.5) is 4.79 Å². The van der Waals surface area contributed by atoms with Crippen LogP contribution in [0, 0.1) is 6.92 Å². The molecule has 0 aromatic heterocycles. The first-order valence-electron chi connectivity index (χ1n) is 5.08. The van der Waals surface area contributed by atoms with Crippen LogP contribution in [0.3, 0.4) is 0 Å². The van der Waals surface area contributed by atoms with Crippen molar-refractivity contribution in [2.24, 2.45) is 0 Å². The Hall–Kier alpha value is -1.51. The lowest BCUT2D eigenvalue weighted by atomic mass is 9.80. The summed E-state index contributed by atoms with van der Waals surface area (Å²) in [7, 11) is 0. The molecular formula is C12H15NO2. The van der Waals surface area contributed by atoms with Gasteiger partial charge in [0.05, 0.1) is 0 Å². The van der Waals surface area contributed by atoms with E-state index in [2.05, 4.69) is 31.3 Å². The minimum atomic E-state index is -0.318. The zero-order chi connectivity index (χ0) is 10.9. The van der Waals surface area contributed by atoms with E-state index in [-0.39, 0.29) is 11.5 Å². The number of aryl methyl sites for hydroxylation is 1. The highest BCUT2D eigenvalue weighted by Crippen LogP contribution is 2.28.